The molecule has 59 heavy (non-hydrogen) atoms. The van der Waals surface area contributed by atoms with E-state index >= 15 is 0 Å². The minimum absolute atomic E-state index is 0.146. The summed E-state index contributed by atoms with van der Waals surface area (Å²) in [4.78, 5) is 2.14. The average molecular weight is 860 g/mol. The molecule has 0 saturated heterocycles. The molecule has 12 rings (SSSR count). The summed E-state index contributed by atoms with van der Waals surface area (Å²) >= 11 is 12.2. The van der Waals surface area contributed by atoms with Gasteiger partial charge in [-0.25, -0.2) is 0 Å². The van der Waals surface area contributed by atoms with Crippen LogP contribution >= 0.6 is 38.9 Å². The quantitative estimate of drug-likeness (QED) is 0.167. The number of thiophene rings is 1. The van der Waals surface area contributed by atoms with E-state index in [9.17, 15) is 0 Å². The molecule has 0 atom stereocenters. The topological polar surface area (TPSA) is 3.24 Å². The minimum Gasteiger partial charge on any atom is -0.309 e. The fourth-order valence-corrected chi connectivity index (χ4v) is 12.0. The zero-order valence-corrected chi connectivity index (χ0v) is 34.4. The highest BCUT2D eigenvalue weighted by Crippen LogP contribution is 2.64. The molecule has 0 fully saturated rings. The lowest BCUT2D eigenvalue weighted by atomic mass is 9.70. The lowest BCUT2D eigenvalue weighted by Gasteiger charge is -2.30. The second kappa shape index (κ2) is 13.4. The first-order valence-corrected chi connectivity index (χ1v) is 21.5. The fourth-order valence-electron chi connectivity index (χ4n) is 9.85. The van der Waals surface area contributed by atoms with Crippen LogP contribution in [0.5, 0.6) is 0 Å². The van der Waals surface area contributed by atoms with Crippen molar-refractivity contribution in [3.05, 3.63) is 232 Å². The van der Waals surface area contributed by atoms with Crippen LogP contribution in [0.2, 0.25) is 5.02 Å². The van der Waals surface area contributed by atoms with Crippen molar-refractivity contribution in [2.24, 2.45) is 0 Å². The van der Waals surface area contributed by atoms with E-state index in [0.717, 1.165) is 42.6 Å². The number of fused-ring (bicyclic) bond motifs is 13. The molecule has 1 heterocycles. The van der Waals surface area contributed by atoms with E-state index < -0.39 is 11.5 Å². The summed E-state index contributed by atoms with van der Waals surface area (Å²) < 4.78 is 45.6. The molecular weight excluding hydrogens is 822 g/mol. The maximum atomic E-state index is 8.79. The Bertz CT molecular complexity index is 3540. The standard InChI is InChI=1S/C55H33BrClNS/c56-36-31-37(57)33-39(32-36)58(38-17-10-16-35(30-38)34-14-2-1-3-15-34)51-29-13-24-45-44-23-11-22-43(53(44)59-54(45)51)42-21-12-28-50-52(42)46-20-6-9-27-49(46)55(50)47-25-7-4-18-40(47)41-19-5-8-26-48(41)55/h1-33H/i1D,2D,3D,14D,15D. The molecule has 278 valence electrons. The Morgan fingerprint density at radius 1 is 0.492 bits per heavy atom. The van der Waals surface area contributed by atoms with E-state index in [1.807, 2.05) is 36.4 Å². The molecule has 0 saturated carbocycles. The van der Waals surface area contributed by atoms with Crippen molar-refractivity contribution < 1.29 is 6.85 Å². The van der Waals surface area contributed by atoms with Gasteiger partial charge < -0.3 is 4.90 Å². The van der Waals surface area contributed by atoms with Crippen LogP contribution in [0.4, 0.5) is 17.1 Å². The van der Waals surface area contributed by atoms with Crippen molar-refractivity contribution in [2.75, 3.05) is 4.90 Å². The summed E-state index contributed by atoms with van der Waals surface area (Å²) in [6.07, 6.45) is 0. The molecule has 1 aromatic heterocycles. The summed E-state index contributed by atoms with van der Waals surface area (Å²) in [6, 6.07) is 58.2. The lowest BCUT2D eigenvalue weighted by Crippen LogP contribution is -2.25. The summed E-state index contributed by atoms with van der Waals surface area (Å²) in [5, 5.41) is 2.80. The summed E-state index contributed by atoms with van der Waals surface area (Å²) in [5.41, 5.74) is 15.3. The van der Waals surface area contributed by atoms with Gasteiger partial charge in [-0.2, -0.15) is 0 Å². The number of hydrogen-bond acceptors (Lipinski definition) is 2. The Morgan fingerprint density at radius 2 is 1.08 bits per heavy atom. The van der Waals surface area contributed by atoms with Crippen LogP contribution in [-0.4, -0.2) is 0 Å². The number of benzene rings is 9. The molecule has 10 aromatic rings. The zero-order chi connectivity index (χ0) is 43.6. The Labute approximate surface area is 367 Å². The van der Waals surface area contributed by atoms with Crippen LogP contribution in [0.25, 0.3) is 64.7 Å². The minimum atomic E-state index is -0.453. The van der Waals surface area contributed by atoms with Gasteiger partial charge in [0.2, 0.25) is 0 Å². The molecule has 0 aliphatic heterocycles. The molecule has 0 bridgehead atoms. The third-order valence-corrected chi connectivity index (χ3v) is 14.0. The number of rotatable bonds is 5. The van der Waals surface area contributed by atoms with Gasteiger partial charge in [0, 0.05) is 41.9 Å². The molecule has 0 radical (unpaired) electrons. The largest absolute Gasteiger partial charge is 0.309 e. The van der Waals surface area contributed by atoms with Gasteiger partial charge in [0.1, 0.15) is 0 Å². The van der Waals surface area contributed by atoms with E-state index in [0.29, 0.717) is 10.6 Å². The Balaban J connectivity index is 1.09. The van der Waals surface area contributed by atoms with E-state index in [-0.39, 0.29) is 29.7 Å². The summed E-state index contributed by atoms with van der Waals surface area (Å²) in [5.74, 6) is 0. The second-order valence-electron chi connectivity index (χ2n) is 15.1. The van der Waals surface area contributed by atoms with Gasteiger partial charge >= 0.3 is 0 Å². The first kappa shape index (κ1) is 29.9. The van der Waals surface area contributed by atoms with E-state index in [2.05, 4.69) is 148 Å². The van der Waals surface area contributed by atoms with Crippen LogP contribution in [0.15, 0.2) is 205 Å². The molecule has 1 nitrogen and oxygen atoms in total. The van der Waals surface area contributed by atoms with Crippen LogP contribution in [-0.2, 0) is 5.41 Å². The van der Waals surface area contributed by atoms with Crippen LogP contribution in [0.1, 0.15) is 29.1 Å². The molecule has 4 heteroatoms. The van der Waals surface area contributed by atoms with Crippen LogP contribution < -0.4 is 4.90 Å². The number of hydrogen-bond donors (Lipinski definition) is 0. The number of nitrogens with zero attached hydrogens (tertiary/aromatic N) is 1. The van der Waals surface area contributed by atoms with Crippen molar-refractivity contribution in [3.63, 3.8) is 0 Å². The van der Waals surface area contributed by atoms with E-state index in [1.54, 1.807) is 17.4 Å². The molecule has 0 unspecified atom stereocenters. The third kappa shape index (κ3) is 5.09. The fraction of sp³-hybridized carbons (Fsp3) is 0.0182. The molecule has 0 N–H and O–H groups in total. The first-order valence-electron chi connectivity index (χ1n) is 22.0. The summed E-state index contributed by atoms with van der Waals surface area (Å²) in [6.45, 7) is 0. The number of anilines is 3. The molecule has 2 aliphatic rings. The van der Waals surface area contributed by atoms with Gasteiger partial charge in [-0.15, -0.1) is 11.3 Å². The SMILES string of the molecule is [2H]c1c([2H])c([2H])c(-c2cccc(N(c3cc(Cl)cc(Br)c3)c3cccc4c3sc3c(-c5cccc6c5-c5ccccc5C65c6ccccc6-c6ccccc65)cccc34)c2)c([2H])c1[2H]. The average Bonchev–Trinajstić information content (AvgIpc) is 3.95. The zero-order valence-electron chi connectivity index (χ0n) is 36.3. The highest BCUT2D eigenvalue weighted by molar-refractivity contribution is 9.10. The molecule has 1 spiro atoms. The van der Waals surface area contributed by atoms with Crippen molar-refractivity contribution in [1.29, 1.82) is 0 Å². The monoisotopic (exact) mass is 858 g/mol. The summed E-state index contributed by atoms with van der Waals surface area (Å²) in [7, 11) is 0. The third-order valence-electron chi connectivity index (χ3n) is 12.1. The molecule has 0 amide bonds. The van der Waals surface area contributed by atoms with Crippen molar-refractivity contribution >= 4 is 76.1 Å². The predicted octanol–water partition coefficient (Wildman–Crippen LogP) is 16.6. The Morgan fingerprint density at radius 3 is 1.83 bits per heavy atom. The van der Waals surface area contributed by atoms with Crippen molar-refractivity contribution in [3.8, 4) is 44.5 Å². The highest BCUT2D eigenvalue weighted by atomic mass is 79.9. The van der Waals surface area contributed by atoms with E-state index in [4.69, 9.17) is 18.5 Å². The number of halogens is 2. The normalized spacial score (nSPS) is 14.2. The maximum Gasteiger partial charge on any atom is 0.0725 e. The molecule has 9 aromatic carbocycles. The smallest absolute Gasteiger partial charge is 0.0725 e. The Hall–Kier alpha value is -6.23. The lowest BCUT2D eigenvalue weighted by molar-refractivity contribution is 0.794. The molecule has 2 aliphatic carbocycles. The Kier molecular flexibility index (Phi) is 6.79. The van der Waals surface area contributed by atoms with Gasteiger partial charge in [-0.05, 0) is 97.6 Å². The highest BCUT2D eigenvalue weighted by Gasteiger charge is 2.52. The molecular formula is C55H33BrClNS. The van der Waals surface area contributed by atoms with Crippen molar-refractivity contribution in [2.45, 2.75) is 5.41 Å². The van der Waals surface area contributed by atoms with Gasteiger partial charge in [-0.3, -0.25) is 0 Å². The van der Waals surface area contributed by atoms with Gasteiger partial charge in [0.25, 0.3) is 0 Å². The predicted molar refractivity (Wildman–Crippen MR) is 254 cm³/mol. The maximum absolute atomic E-state index is 8.79. The van der Waals surface area contributed by atoms with Crippen molar-refractivity contribution in [1.82, 2.24) is 0 Å². The van der Waals surface area contributed by atoms with Gasteiger partial charge in [0.15, 0.2) is 0 Å². The first-order chi connectivity index (χ1) is 31.2. The van der Waals surface area contributed by atoms with Gasteiger partial charge in [0.05, 0.1) is 22.7 Å². The van der Waals surface area contributed by atoms with Crippen LogP contribution in [0.3, 0.4) is 0 Å². The van der Waals surface area contributed by atoms with E-state index in [1.165, 1.54) is 54.8 Å². The van der Waals surface area contributed by atoms with Crippen LogP contribution in [0, 0.1) is 0 Å². The van der Waals surface area contributed by atoms with Gasteiger partial charge in [-0.1, -0.05) is 191 Å². The second-order valence-corrected chi connectivity index (χ2v) is 17.4.